The van der Waals surface area contributed by atoms with Crippen LogP contribution in [-0.2, 0) is 51.2 Å². The number of alkyl halides is 1. The molecule has 2 aliphatic carbocycles. The third-order valence-corrected chi connectivity index (χ3v) is 9.19. The molecule has 0 bridgehead atoms. The van der Waals surface area contributed by atoms with Crippen molar-refractivity contribution in [1.29, 1.82) is 0 Å². The van der Waals surface area contributed by atoms with Crippen molar-refractivity contribution in [2.45, 2.75) is 83.2 Å². The van der Waals surface area contributed by atoms with Gasteiger partial charge in [-0.3, -0.25) is 19.0 Å². The standard InChI is InChI=1S/C16H22O4.C9H11IO.C8H14O3.C4H8O.2F2.2FH/c1-15(19-2)11-16(12-15,14(17)18)8-9-20-10-13-6-4-3-5-7-13;10-6-7-11-8-9-4-2-1-3-5-9;1-8(11-3)4-6(5-8)7(9)10-2;1-2-4-5-3-1;2*1-2;;/h3-7H,8-12H2,1-2H3,(H,17,18);1-5H,6-8H2;6H,4-5H2,1-3H3;1-4H2;;;2*1H. The van der Waals surface area contributed by atoms with E-state index in [0.29, 0.717) is 32.5 Å². The zero-order valence-corrected chi connectivity index (χ0v) is 33.3. The predicted octanol–water partition coefficient (Wildman–Crippen LogP) is 9.26. The second-order valence-electron chi connectivity index (χ2n) is 12.7. The third kappa shape index (κ3) is 21.8. The van der Waals surface area contributed by atoms with Gasteiger partial charge in [0.15, 0.2) is 0 Å². The van der Waals surface area contributed by atoms with E-state index >= 15 is 0 Å². The maximum atomic E-state index is 11.5. The summed E-state index contributed by atoms with van der Waals surface area (Å²) in [6, 6.07) is 20.1. The van der Waals surface area contributed by atoms with E-state index in [0.717, 1.165) is 49.3 Å². The summed E-state index contributed by atoms with van der Waals surface area (Å²) in [6.07, 6.45) is 5.78. The first-order valence-electron chi connectivity index (χ1n) is 16.6. The Morgan fingerprint density at radius 2 is 1.21 bits per heavy atom. The van der Waals surface area contributed by atoms with Gasteiger partial charge in [0, 0.05) is 56.8 Å². The number of aliphatic carboxylic acids is 1. The molecule has 3 aliphatic rings. The van der Waals surface area contributed by atoms with Gasteiger partial charge < -0.3 is 33.5 Å². The lowest BCUT2D eigenvalue weighted by Crippen LogP contribution is -2.55. The number of ether oxygens (including phenoxy) is 6. The summed E-state index contributed by atoms with van der Waals surface area (Å²) in [6.45, 7) is 8.53. The molecular formula is C37H57F6IO9. The maximum Gasteiger partial charge on any atom is 0.309 e. The van der Waals surface area contributed by atoms with Crippen LogP contribution in [0.15, 0.2) is 60.7 Å². The van der Waals surface area contributed by atoms with E-state index < -0.39 is 11.4 Å². The Kier molecular flexibility index (Phi) is 32.9. The van der Waals surface area contributed by atoms with E-state index in [9.17, 15) is 14.7 Å². The van der Waals surface area contributed by atoms with Crippen molar-refractivity contribution in [2.24, 2.45) is 11.3 Å². The summed E-state index contributed by atoms with van der Waals surface area (Å²) < 4.78 is 64.1. The molecule has 53 heavy (non-hydrogen) atoms. The van der Waals surface area contributed by atoms with E-state index in [4.69, 9.17) is 42.0 Å². The number of benzene rings is 2. The second-order valence-corrected chi connectivity index (χ2v) is 13.8. The second kappa shape index (κ2) is 31.8. The minimum Gasteiger partial charge on any atom is -0.481 e. The van der Waals surface area contributed by atoms with Crippen molar-refractivity contribution in [3.8, 4) is 0 Å². The fraction of sp³-hybridized carbons (Fsp3) is 0.622. The van der Waals surface area contributed by atoms with Crippen molar-refractivity contribution in [3.05, 3.63) is 71.8 Å². The SMILES string of the molecule is C1CCOC1.COC(=O)C1CC(C)(OC)C1.COC1(C)CC(CCOCc2ccccc2)(C(=O)O)C1.F.F.FF.FF.ICCOCc1ccccc1. The number of carbonyl (C=O) groups excluding carboxylic acids is 1. The molecule has 0 aromatic heterocycles. The van der Waals surface area contributed by atoms with Crippen molar-refractivity contribution in [2.75, 3.05) is 52.2 Å². The average Bonchev–Trinajstić information content (AvgIpc) is 3.75. The Morgan fingerprint density at radius 3 is 1.55 bits per heavy atom. The molecule has 1 N–H and O–H groups in total. The molecule has 1 heterocycles. The highest BCUT2D eigenvalue weighted by molar-refractivity contribution is 14.1. The minimum atomic E-state index is -0.740. The van der Waals surface area contributed by atoms with Crippen LogP contribution in [0, 0.1) is 11.3 Å². The van der Waals surface area contributed by atoms with Crippen LogP contribution >= 0.6 is 22.6 Å². The van der Waals surface area contributed by atoms with Gasteiger partial charge in [0.05, 0.1) is 49.5 Å². The number of methoxy groups -OCH3 is 3. The molecule has 2 saturated carbocycles. The van der Waals surface area contributed by atoms with Crippen LogP contribution in [0.4, 0.5) is 27.7 Å². The number of hydrogen-bond acceptors (Lipinski definition) is 8. The Bertz CT molecular complexity index is 1150. The van der Waals surface area contributed by atoms with E-state index in [2.05, 4.69) is 39.5 Å². The third-order valence-electron chi connectivity index (χ3n) is 8.75. The van der Waals surface area contributed by atoms with Gasteiger partial charge in [0.25, 0.3) is 0 Å². The monoisotopic (exact) mass is 886 g/mol. The number of carboxylic acid groups (broad SMARTS) is 1. The number of carboxylic acids is 1. The van der Waals surface area contributed by atoms with Crippen LogP contribution in [0.1, 0.15) is 69.9 Å². The van der Waals surface area contributed by atoms with E-state index in [1.165, 1.54) is 25.5 Å². The first-order valence-corrected chi connectivity index (χ1v) is 18.1. The van der Waals surface area contributed by atoms with E-state index in [-0.39, 0.29) is 32.5 Å². The van der Waals surface area contributed by atoms with Crippen molar-refractivity contribution >= 4 is 34.5 Å². The Morgan fingerprint density at radius 1 is 0.774 bits per heavy atom. The van der Waals surface area contributed by atoms with Gasteiger partial charge >= 0.3 is 11.9 Å². The molecule has 0 atom stereocenters. The maximum absolute atomic E-state index is 11.5. The van der Waals surface area contributed by atoms with E-state index in [1.807, 2.05) is 62.4 Å². The lowest BCUT2D eigenvalue weighted by Gasteiger charge is -2.51. The molecule has 0 radical (unpaired) electrons. The predicted molar refractivity (Wildman–Crippen MR) is 200 cm³/mol. The fourth-order valence-corrected chi connectivity index (χ4v) is 6.11. The fourth-order valence-electron chi connectivity index (χ4n) is 5.80. The van der Waals surface area contributed by atoms with Crippen molar-refractivity contribution < 1.29 is 70.8 Å². The largest absolute Gasteiger partial charge is 0.481 e. The van der Waals surface area contributed by atoms with Gasteiger partial charge in [-0.05, 0) is 69.9 Å². The summed E-state index contributed by atoms with van der Waals surface area (Å²) >= 11 is 2.31. The summed E-state index contributed by atoms with van der Waals surface area (Å²) in [5.41, 5.74) is 1.29. The highest BCUT2D eigenvalue weighted by Crippen LogP contribution is 2.52. The van der Waals surface area contributed by atoms with Crippen LogP contribution in [0.3, 0.4) is 0 Å². The first-order chi connectivity index (χ1) is 24.5. The van der Waals surface area contributed by atoms with Crippen LogP contribution < -0.4 is 0 Å². The Balaban J connectivity index is -0.000000652. The Hall–Kier alpha value is -2.51. The van der Waals surface area contributed by atoms with E-state index in [1.54, 1.807) is 14.2 Å². The molecule has 0 unspecified atom stereocenters. The average molecular weight is 887 g/mol. The highest BCUT2D eigenvalue weighted by Gasteiger charge is 2.57. The summed E-state index contributed by atoms with van der Waals surface area (Å²) in [7, 11) is 4.73. The van der Waals surface area contributed by atoms with Gasteiger partial charge in [-0.2, -0.15) is 0 Å². The summed E-state index contributed by atoms with van der Waals surface area (Å²) in [5.74, 6) is -0.792. The van der Waals surface area contributed by atoms with Crippen LogP contribution in [0.25, 0.3) is 0 Å². The lowest BCUT2D eigenvalue weighted by atomic mass is 9.58. The van der Waals surface area contributed by atoms with Crippen LogP contribution in [0.2, 0.25) is 0 Å². The molecule has 0 amide bonds. The molecule has 3 fully saturated rings. The summed E-state index contributed by atoms with van der Waals surface area (Å²) in [5, 5.41) is 9.42. The van der Waals surface area contributed by atoms with Gasteiger partial charge in [-0.25, -0.2) is 0 Å². The summed E-state index contributed by atoms with van der Waals surface area (Å²) in [4.78, 5) is 22.4. The number of carbonyl (C=O) groups is 2. The number of halogens is 7. The molecule has 2 aromatic rings. The molecule has 1 aliphatic heterocycles. The van der Waals surface area contributed by atoms with Gasteiger partial charge in [-0.1, -0.05) is 83.3 Å². The van der Waals surface area contributed by atoms with Gasteiger partial charge in [0.1, 0.15) is 0 Å². The van der Waals surface area contributed by atoms with Crippen LogP contribution in [-0.4, -0.2) is 80.4 Å². The Labute approximate surface area is 323 Å². The molecule has 1 saturated heterocycles. The molecule has 9 nitrogen and oxygen atoms in total. The zero-order valence-electron chi connectivity index (χ0n) is 31.2. The zero-order chi connectivity index (χ0) is 38.6. The topological polar surface area (TPSA) is 110 Å². The quantitative estimate of drug-likeness (QED) is 0.0693. The number of hydrogen-bond donors (Lipinski definition) is 1. The lowest BCUT2D eigenvalue weighted by molar-refractivity contribution is -0.187. The molecule has 0 spiro atoms. The van der Waals surface area contributed by atoms with Gasteiger partial charge in [0.2, 0.25) is 0 Å². The van der Waals surface area contributed by atoms with Crippen molar-refractivity contribution in [3.63, 3.8) is 0 Å². The van der Waals surface area contributed by atoms with Crippen molar-refractivity contribution in [1.82, 2.24) is 0 Å². The first kappa shape index (κ1) is 54.8. The molecular weight excluding hydrogens is 829 g/mol. The minimum absolute atomic E-state index is 0. The van der Waals surface area contributed by atoms with Crippen LogP contribution in [0.5, 0.6) is 0 Å². The van der Waals surface area contributed by atoms with Gasteiger partial charge in [-0.15, -0.1) is 0 Å². The number of esters is 1. The molecule has 16 heteroatoms. The molecule has 2 aromatic carbocycles. The number of rotatable bonds is 13. The normalized spacial score (nSPS) is 22.9. The highest BCUT2D eigenvalue weighted by atomic mass is 127. The molecule has 5 rings (SSSR count). The smallest absolute Gasteiger partial charge is 0.309 e. The molecule has 308 valence electrons.